The van der Waals surface area contributed by atoms with Gasteiger partial charge in [-0.25, -0.2) is 8.42 Å². The molecule has 18 heavy (non-hydrogen) atoms. The molecule has 2 aliphatic heterocycles. The Balaban J connectivity index is 2.08. The van der Waals surface area contributed by atoms with Crippen molar-refractivity contribution in [2.24, 2.45) is 11.1 Å². The molecule has 0 aliphatic carbocycles. The van der Waals surface area contributed by atoms with Gasteiger partial charge in [-0.15, -0.1) is 0 Å². The average Bonchev–Trinajstić information content (AvgIpc) is 2.62. The van der Waals surface area contributed by atoms with E-state index in [0.717, 1.165) is 12.1 Å². The molecule has 2 saturated heterocycles. The highest BCUT2D eigenvalue weighted by molar-refractivity contribution is 7.91. The lowest BCUT2D eigenvalue weighted by atomic mass is 9.92. The number of hydrogen-bond donors (Lipinski definition) is 2. The Morgan fingerprint density at radius 2 is 2.17 bits per heavy atom. The molecule has 2 fully saturated rings. The molecule has 0 saturated carbocycles. The van der Waals surface area contributed by atoms with Gasteiger partial charge in [-0.2, -0.15) is 0 Å². The van der Waals surface area contributed by atoms with E-state index < -0.39 is 15.9 Å². The molecule has 0 radical (unpaired) electrons. The van der Waals surface area contributed by atoms with Crippen LogP contribution in [0.2, 0.25) is 0 Å². The van der Waals surface area contributed by atoms with Gasteiger partial charge in [-0.3, -0.25) is 4.90 Å². The van der Waals surface area contributed by atoms with Crippen LogP contribution in [0.15, 0.2) is 5.16 Å². The Bertz CT molecular complexity index is 434. The molecule has 0 aromatic heterocycles. The maximum atomic E-state index is 11.5. The standard InChI is InChI=1S/C11H20N2O4S/c1-2-8-5-13(4-3-9(8)12-15)10-6-18(16,17)7-11(10)14/h8,10-11,14-15H,2-7H2,1H3. The number of sulfone groups is 1. The molecule has 0 bridgehead atoms. The highest BCUT2D eigenvalue weighted by atomic mass is 32.2. The lowest BCUT2D eigenvalue weighted by Gasteiger charge is -2.37. The molecule has 0 aromatic carbocycles. The second-order valence-electron chi connectivity index (χ2n) is 5.15. The Kier molecular flexibility index (Phi) is 3.93. The van der Waals surface area contributed by atoms with Gasteiger partial charge in [0.1, 0.15) is 0 Å². The van der Waals surface area contributed by atoms with Crippen LogP contribution in [0.4, 0.5) is 0 Å². The molecule has 104 valence electrons. The quantitative estimate of drug-likeness (QED) is 0.534. The zero-order valence-corrected chi connectivity index (χ0v) is 11.3. The van der Waals surface area contributed by atoms with Crippen molar-refractivity contribution < 1.29 is 18.7 Å². The van der Waals surface area contributed by atoms with Crippen LogP contribution in [0.5, 0.6) is 0 Å². The number of nitrogens with zero attached hydrogens (tertiary/aromatic N) is 2. The number of rotatable bonds is 2. The summed E-state index contributed by atoms with van der Waals surface area (Å²) in [4.78, 5) is 2.03. The predicted octanol–water partition coefficient (Wildman–Crippen LogP) is -0.294. The molecular formula is C11H20N2O4S. The summed E-state index contributed by atoms with van der Waals surface area (Å²) >= 11 is 0. The SMILES string of the molecule is CCC1CN(C2CS(=O)(=O)CC2O)CCC1=NO. The van der Waals surface area contributed by atoms with Crippen LogP contribution in [0.25, 0.3) is 0 Å². The number of likely N-dealkylation sites (tertiary alicyclic amines) is 1. The number of oxime groups is 1. The smallest absolute Gasteiger partial charge is 0.154 e. The van der Waals surface area contributed by atoms with Gasteiger partial charge in [0.2, 0.25) is 0 Å². The van der Waals surface area contributed by atoms with Gasteiger partial charge in [0.05, 0.1) is 29.4 Å². The normalized spacial score (nSPS) is 39.2. The van der Waals surface area contributed by atoms with E-state index in [4.69, 9.17) is 5.21 Å². The van der Waals surface area contributed by atoms with Crippen LogP contribution in [0, 0.1) is 5.92 Å². The maximum absolute atomic E-state index is 11.5. The molecule has 2 heterocycles. The van der Waals surface area contributed by atoms with Gasteiger partial charge < -0.3 is 10.3 Å². The second kappa shape index (κ2) is 5.14. The maximum Gasteiger partial charge on any atom is 0.154 e. The van der Waals surface area contributed by atoms with Crippen LogP contribution in [-0.2, 0) is 9.84 Å². The summed E-state index contributed by atoms with van der Waals surface area (Å²) in [6, 6.07) is -0.302. The first-order valence-electron chi connectivity index (χ1n) is 6.30. The number of aliphatic hydroxyl groups is 1. The van der Waals surface area contributed by atoms with Gasteiger partial charge in [0.15, 0.2) is 9.84 Å². The van der Waals surface area contributed by atoms with Crippen molar-refractivity contribution in [1.29, 1.82) is 0 Å². The largest absolute Gasteiger partial charge is 0.411 e. The van der Waals surface area contributed by atoms with Crippen LogP contribution < -0.4 is 0 Å². The highest BCUT2D eigenvalue weighted by Gasteiger charge is 2.41. The highest BCUT2D eigenvalue weighted by Crippen LogP contribution is 2.25. The van der Waals surface area contributed by atoms with Crippen molar-refractivity contribution in [2.45, 2.75) is 31.9 Å². The summed E-state index contributed by atoms with van der Waals surface area (Å²) in [6.45, 7) is 3.32. The van der Waals surface area contributed by atoms with E-state index in [0.29, 0.717) is 19.5 Å². The summed E-state index contributed by atoms with van der Waals surface area (Å²) in [5.74, 6) is 0.0570. The summed E-state index contributed by atoms with van der Waals surface area (Å²) in [7, 11) is -3.11. The third-order valence-corrected chi connectivity index (χ3v) is 5.66. The summed E-state index contributed by atoms with van der Waals surface area (Å²) in [5, 5.41) is 22.1. The summed E-state index contributed by atoms with van der Waals surface area (Å²) in [5.41, 5.74) is 0.782. The Hall–Kier alpha value is -0.660. The minimum absolute atomic E-state index is 0.0379. The third kappa shape index (κ3) is 2.67. The fraction of sp³-hybridized carbons (Fsp3) is 0.909. The minimum Gasteiger partial charge on any atom is -0.411 e. The van der Waals surface area contributed by atoms with Gasteiger partial charge in [0, 0.05) is 25.4 Å². The fourth-order valence-electron chi connectivity index (χ4n) is 2.90. The molecule has 2 rings (SSSR count). The van der Waals surface area contributed by atoms with Crippen LogP contribution in [-0.4, -0.2) is 66.1 Å². The average molecular weight is 276 g/mol. The molecule has 0 aromatic rings. The predicted molar refractivity (Wildman–Crippen MR) is 67.6 cm³/mol. The van der Waals surface area contributed by atoms with E-state index in [1.807, 2.05) is 11.8 Å². The zero-order valence-electron chi connectivity index (χ0n) is 10.5. The van der Waals surface area contributed by atoms with Gasteiger partial charge >= 0.3 is 0 Å². The van der Waals surface area contributed by atoms with E-state index in [2.05, 4.69) is 5.16 Å². The first-order valence-corrected chi connectivity index (χ1v) is 8.12. The van der Waals surface area contributed by atoms with Crippen LogP contribution in [0.3, 0.4) is 0 Å². The molecule has 3 atom stereocenters. The molecule has 0 spiro atoms. The van der Waals surface area contributed by atoms with E-state index in [9.17, 15) is 13.5 Å². The number of piperidine rings is 1. The first-order chi connectivity index (χ1) is 8.46. The van der Waals surface area contributed by atoms with Crippen molar-refractivity contribution in [3.05, 3.63) is 0 Å². The Morgan fingerprint density at radius 1 is 1.44 bits per heavy atom. The van der Waals surface area contributed by atoms with Gasteiger partial charge in [-0.05, 0) is 6.42 Å². The van der Waals surface area contributed by atoms with Crippen LogP contribution >= 0.6 is 0 Å². The number of aliphatic hydroxyl groups excluding tert-OH is 1. The lowest BCUT2D eigenvalue weighted by Crippen LogP contribution is -2.50. The van der Waals surface area contributed by atoms with Crippen LogP contribution in [0.1, 0.15) is 19.8 Å². The topological polar surface area (TPSA) is 90.2 Å². The molecule has 3 unspecified atom stereocenters. The first kappa shape index (κ1) is 13.8. The van der Waals surface area contributed by atoms with Crippen molar-refractivity contribution in [1.82, 2.24) is 4.90 Å². The van der Waals surface area contributed by atoms with Crippen molar-refractivity contribution in [3.63, 3.8) is 0 Å². The van der Waals surface area contributed by atoms with Gasteiger partial charge in [0.25, 0.3) is 0 Å². The zero-order chi connectivity index (χ0) is 13.3. The summed E-state index contributed by atoms with van der Waals surface area (Å²) < 4.78 is 23.0. The third-order valence-electron chi connectivity index (χ3n) is 3.97. The molecule has 7 heteroatoms. The second-order valence-corrected chi connectivity index (χ2v) is 7.31. The van der Waals surface area contributed by atoms with E-state index >= 15 is 0 Å². The van der Waals surface area contributed by atoms with Crippen molar-refractivity contribution in [2.75, 3.05) is 24.6 Å². The summed E-state index contributed by atoms with van der Waals surface area (Å²) in [6.07, 6.45) is 0.698. The fourth-order valence-corrected chi connectivity index (χ4v) is 4.73. The Morgan fingerprint density at radius 3 is 2.67 bits per heavy atom. The minimum atomic E-state index is -3.11. The molecule has 6 nitrogen and oxygen atoms in total. The molecular weight excluding hydrogens is 256 g/mol. The molecule has 2 N–H and O–H groups in total. The molecule has 0 amide bonds. The van der Waals surface area contributed by atoms with Crippen molar-refractivity contribution >= 4 is 15.5 Å². The molecule has 2 aliphatic rings. The van der Waals surface area contributed by atoms with E-state index in [-0.39, 0.29) is 23.5 Å². The monoisotopic (exact) mass is 276 g/mol. The Labute approximate surface area is 107 Å². The van der Waals surface area contributed by atoms with E-state index in [1.165, 1.54) is 0 Å². The van der Waals surface area contributed by atoms with Gasteiger partial charge in [-0.1, -0.05) is 12.1 Å². The van der Waals surface area contributed by atoms with E-state index in [1.54, 1.807) is 0 Å². The van der Waals surface area contributed by atoms with Crippen molar-refractivity contribution in [3.8, 4) is 0 Å². The number of hydrogen-bond acceptors (Lipinski definition) is 6. The lowest BCUT2D eigenvalue weighted by molar-refractivity contribution is 0.0724.